The number of nitrogens with zero attached hydrogens (tertiary/aromatic N) is 4. The van der Waals surface area contributed by atoms with E-state index in [0.717, 1.165) is 83.1 Å². The first-order valence-electron chi connectivity index (χ1n) is 26.0. The van der Waals surface area contributed by atoms with Gasteiger partial charge in [-0.05, 0) is 95.3 Å². The number of nitroso groups, excluding NO2 is 3. The van der Waals surface area contributed by atoms with E-state index in [-0.39, 0.29) is 26.0 Å². The van der Waals surface area contributed by atoms with Crippen LogP contribution in [0, 0.1) is 21.6 Å². The number of Topliss-reactive ketones (excluding diaryl/α,β-unsaturated/α-hetero) is 1. The quantitative estimate of drug-likeness (QED) is 0.0755. The number of hydrogen-bond acceptors (Lipinski definition) is 16. The van der Waals surface area contributed by atoms with Gasteiger partial charge >= 0.3 is 0 Å². The Morgan fingerprint density at radius 1 is 0.412 bits per heavy atom. The first kappa shape index (κ1) is 54.3. The summed E-state index contributed by atoms with van der Waals surface area (Å²) in [7, 11) is 0. The van der Waals surface area contributed by atoms with Crippen molar-refractivity contribution in [3.05, 3.63) is 218 Å². The van der Waals surface area contributed by atoms with Crippen LogP contribution >= 0.6 is 61.3 Å². The third-order valence-corrected chi connectivity index (χ3v) is 18.9. The molecule has 0 unspecified atom stereocenters. The summed E-state index contributed by atoms with van der Waals surface area (Å²) < 4.78 is 4.73. The molecule has 15 aromatic rings. The molecule has 0 spiro atoms. The van der Waals surface area contributed by atoms with Gasteiger partial charge < -0.3 is 35.4 Å². The highest BCUT2D eigenvalue weighted by molar-refractivity contribution is 9.10. The number of H-pyrrole nitrogens is 3. The zero-order chi connectivity index (χ0) is 58.6. The molecule has 16 rings (SSSR count). The van der Waals surface area contributed by atoms with Crippen molar-refractivity contribution >= 4 is 169 Å². The number of aliphatic imine (C=N–C) groups is 1. The molecule has 85 heavy (non-hydrogen) atoms. The number of aromatic hydroxyl groups is 4. The van der Waals surface area contributed by atoms with E-state index in [1.807, 2.05) is 183 Å². The third kappa shape index (κ3) is 9.60. The third-order valence-electron chi connectivity index (χ3n) is 14.5. The lowest BCUT2D eigenvalue weighted by molar-refractivity contribution is 0.107. The van der Waals surface area contributed by atoms with Crippen LogP contribution in [0.2, 0.25) is 0 Å². The lowest BCUT2D eigenvalue weighted by Crippen LogP contribution is -2.10. The average molecular weight is 1260 g/mol. The second-order valence-corrected chi connectivity index (χ2v) is 24.6. The molecule has 20 heteroatoms. The monoisotopic (exact) mass is 1250 g/mol. The number of aryl methyl sites for hydroxylation is 1. The van der Waals surface area contributed by atoms with Crippen molar-refractivity contribution in [2.24, 2.45) is 20.5 Å². The number of carbonyl (C=O) groups excluding carboxylic acids is 1. The fourth-order valence-corrected chi connectivity index (χ4v) is 14.9. The molecule has 0 aliphatic carbocycles. The van der Waals surface area contributed by atoms with E-state index in [9.17, 15) is 39.9 Å². The number of nitrogens with one attached hydrogen (secondary N) is 3. The number of carbonyl (C=O) groups is 1. The number of halogens is 1. The molecule has 1 aliphatic rings. The number of ketones is 1. The van der Waals surface area contributed by atoms with E-state index in [0.29, 0.717) is 73.4 Å². The van der Waals surface area contributed by atoms with E-state index < -0.39 is 0 Å². The Morgan fingerprint density at radius 2 is 0.776 bits per heavy atom. The summed E-state index contributed by atoms with van der Waals surface area (Å²) in [4.78, 5) is 60.6. The zero-order valence-electron chi connectivity index (χ0n) is 44.0. The molecule has 0 bridgehead atoms. The molecule has 0 fully saturated rings. The molecule has 8 heterocycles. The fraction of sp³-hybridized carbons (Fsp3) is 0.0154. The maximum Gasteiger partial charge on any atom is 0.214 e. The number of rotatable bonds is 7. The van der Waals surface area contributed by atoms with Crippen molar-refractivity contribution in [2.75, 3.05) is 0 Å². The van der Waals surface area contributed by atoms with Crippen LogP contribution in [0.5, 0.6) is 20.3 Å². The fourth-order valence-electron chi connectivity index (χ4n) is 10.7. The summed E-state index contributed by atoms with van der Waals surface area (Å²) in [5.41, 5.74) is 10.3. The molecule has 0 amide bonds. The Morgan fingerprint density at radius 3 is 1.25 bits per heavy atom. The summed E-state index contributed by atoms with van der Waals surface area (Å²) in [5.74, 6) is -0.126. The number of fused-ring (bicyclic) bond motifs is 8. The van der Waals surface area contributed by atoms with E-state index in [1.165, 1.54) is 45.3 Å². The summed E-state index contributed by atoms with van der Waals surface area (Å²) in [6.07, 6.45) is 0. The van der Waals surface area contributed by atoms with Crippen LogP contribution in [0.4, 0.5) is 22.7 Å². The van der Waals surface area contributed by atoms with Gasteiger partial charge in [-0.1, -0.05) is 176 Å². The highest BCUT2D eigenvalue weighted by Crippen LogP contribution is 2.52. The summed E-state index contributed by atoms with van der Waals surface area (Å²) in [6.45, 7) is 1.97. The Labute approximate surface area is 504 Å². The molecule has 0 radical (unpaired) electrons. The topological polar surface area (TPSA) is 246 Å². The van der Waals surface area contributed by atoms with Gasteiger partial charge in [-0.15, -0.1) is 14.7 Å². The van der Waals surface area contributed by atoms with E-state index in [4.69, 9.17) is 0 Å². The number of benzene rings is 8. The Bertz CT molecular complexity index is 5070. The minimum atomic E-state index is -0.126. The average Bonchev–Trinajstić information content (AvgIpc) is 3.18. The van der Waals surface area contributed by atoms with Gasteiger partial charge in [-0.3, -0.25) is 4.79 Å². The highest BCUT2D eigenvalue weighted by atomic mass is 79.9. The van der Waals surface area contributed by atoms with Crippen LogP contribution in [0.3, 0.4) is 0 Å². The minimum Gasteiger partial charge on any atom is -0.499 e. The molecule has 0 atom stereocenters. The van der Waals surface area contributed by atoms with Gasteiger partial charge in [0.25, 0.3) is 0 Å². The van der Waals surface area contributed by atoms with Crippen molar-refractivity contribution in [1.82, 2.24) is 15.0 Å². The van der Waals surface area contributed by atoms with Crippen LogP contribution in [-0.4, -0.2) is 46.9 Å². The van der Waals surface area contributed by atoms with Gasteiger partial charge in [-0.25, -0.2) is 4.99 Å². The lowest BCUT2D eigenvalue weighted by atomic mass is 10.0. The van der Waals surface area contributed by atoms with Gasteiger partial charge in [-0.2, -0.15) is 0 Å². The second kappa shape index (κ2) is 22.3. The number of thiophene rings is 4. The standard InChI is InChI=1S/C17H12N2O2S.C16H9BrN2O2S.C16H10N2O2S.C16H9NO2S/c1-9-6-7-12-11(8-9)15(19-21)16(18-12)14-10-4-2-3-5-13(10)22-17(14)20;17-8-5-6-11-10(7-8)14(19-21)15(18-11)13-9-3-1-2-4-12(9)22-16(13)20;19-16-13(10-6-2-4-8-12(10)21-16)15-14(18-20)9-5-1-3-7-11(9)17-15;18-15-9-5-1-3-7-11(9)17-14(15)13-10-6-2-4-8-12(10)20-16(13)19/h2-8,18,20H,1H3;1-7,18,20H;1-8,17,19H;1-8,19H. The first-order valence-corrected chi connectivity index (χ1v) is 30.1. The number of aromatic amines is 3. The largest absolute Gasteiger partial charge is 0.499 e. The molecule has 0 saturated heterocycles. The Kier molecular flexibility index (Phi) is 14.3. The molecule has 15 nitrogen and oxygen atoms in total. The summed E-state index contributed by atoms with van der Waals surface area (Å²) >= 11 is 8.55. The molecular weight excluding hydrogens is 1210 g/mol. The molecule has 8 aromatic carbocycles. The Balaban J connectivity index is 0.000000105. The smallest absolute Gasteiger partial charge is 0.214 e. The van der Waals surface area contributed by atoms with E-state index in [1.54, 1.807) is 6.07 Å². The second-order valence-electron chi connectivity index (χ2n) is 19.5. The first-order chi connectivity index (χ1) is 41.4. The minimum absolute atomic E-state index is 0.126. The Hall–Kier alpha value is -9.96. The van der Waals surface area contributed by atoms with Crippen LogP contribution in [0.25, 0.3) is 107 Å². The number of aromatic nitrogens is 3. The lowest BCUT2D eigenvalue weighted by Gasteiger charge is -1.98. The highest BCUT2D eigenvalue weighted by Gasteiger charge is 2.30. The van der Waals surface area contributed by atoms with Gasteiger partial charge in [0.15, 0.2) is 20.3 Å². The van der Waals surface area contributed by atoms with Crippen LogP contribution in [-0.2, 0) is 0 Å². The van der Waals surface area contributed by atoms with Crippen LogP contribution in [0.1, 0.15) is 21.5 Å². The number of hydrogen-bond donors (Lipinski definition) is 7. The van der Waals surface area contributed by atoms with Crippen molar-refractivity contribution in [3.63, 3.8) is 0 Å². The molecule has 414 valence electrons. The molecule has 0 saturated carbocycles. The van der Waals surface area contributed by atoms with Crippen molar-refractivity contribution in [1.29, 1.82) is 0 Å². The van der Waals surface area contributed by atoms with Gasteiger partial charge in [0, 0.05) is 83.1 Å². The summed E-state index contributed by atoms with van der Waals surface area (Å²) in [5, 5.41) is 57.3. The van der Waals surface area contributed by atoms with E-state index in [2.05, 4.69) is 51.4 Å². The van der Waals surface area contributed by atoms with Crippen LogP contribution in [0.15, 0.2) is 207 Å². The predicted octanol–water partition coefficient (Wildman–Crippen LogP) is 20.5. The normalized spacial score (nSPS) is 11.8. The molecular formula is C65H40BrN7O8S4. The van der Waals surface area contributed by atoms with Gasteiger partial charge in [0.2, 0.25) is 5.78 Å². The maximum atomic E-state index is 12.5. The van der Waals surface area contributed by atoms with Crippen molar-refractivity contribution in [3.8, 4) is 54.0 Å². The number of para-hydroxylation sites is 2. The van der Waals surface area contributed by atoms with Gasteiger partial charge in [0.05, 0.1) is 45.0 Å². The van der Waals surface area contributed by atoms with E-state index >= 15 is 0 Å². The summed E-state index contributed by atoms with van der Waals surface area (Å²) in [6, 6.07) is 56.9. The molecule has 1 aliphatic heterocycles. The predicted molar refractivity (Wildman–Crippen MR) is 352 cm³/mol. The van der Waals surface area contributed by atoms with Crippen molar-refractivity contribution in [2.45, 2.75) is 6.92 Å². The molecule has 7 aromatic heterocycles. The van der Waals surface area contributed by atoms with Crippen LogP contribution < -0.4 is 0 Å². The SMILES string of the molecule is Cc1ccc2[nH]c(-c3c(O)sc4ccccc34)c(N=O)c2c1.O=C1C(c2c(O)sc3ccccc23)=Nc2ccccc21.O=Nc1c(-c2c(O)sc3ccccc23)[nH]c2ccc(Br)cc12.O=Nc1c(-c2c(O)sc3ccccc23)[nH]c2ccccc12. The zero-order valence-corrected chi connectivity index (χ0v) is 48.9. The van der Waals surface area contributed by atoms with Crippen molar-refractivity contribution < 1.29 is 25.2 Å². The maximum absolute atomic E-state index is 12.5. The van der Waals surface area contributed by atoms with Gasteiger partial charge in [0.1, 0.15) is 22.8 Å². The molecule has 7 N–H and O–H groups in total.